The lowest BCUT2D eigenvalue weighted by atomic mass is 9.70. The Morgan fingerprint density at radius 1 is 1.20 bits per heavy atom. The minimum Gasteiger partial charge on any atom is -0.493 e. The summed E-state index contributed by atoms with van der Waals surface area (Å²) in [5.74, 6) is 1.89. The summed E-state index contributed by atoms with van der Waals surface area (Å²) in [6.07, 6.45) is 5.04. The number of nitrogens with one attached hydrogen (secondary N) is 1. The maximum absolute atomic E-state index is 5.76. The molecule has 0 aromatic heterocycles. The highest BCUT2D eigenvalue weighted by Gasteiger charge is 2.33. The SMILES string of the molecule is CC1CC(NC2CCOc3ccccc32)CC(C)(C)C1. The molecule has 20 heavy (non-hydrogen) atoms. The number of rotatable bonds is 2. The molecule has 3 atom stereocenters. The third-order valence-corrected chi connectivity index (χ3v) is 4.78. The first-order valence-corrected chi connectivity index (χ1v) is 8.01. The molecule has 0 saturated heterocycles. The van der Waals surface area contributed by atoms with Crippen molar-refractivity contribution in [1.82, 2.24) is 5.32 Å². The molecule has 1 fully saturated rings. The number of fused-ring (bicyclic) bond motifs is 1. The summed E-state index contributed by atoms with van der Waals surface area (Å²) < 4.78 is 5.76. The van der Waals surface area contributed by atoms with E-state index in [1.54, 1.807) is 0 Å². The Morgan fingerprint density at radius 3 is 2.80 bits per heavy atom. The Morgan fingerprint density at radius 2 is 2.00 bits per heavy atom. The molecule has 0 amide bonds. The molecule has 0 spiro atoms. The van der Waals surface area contributed by atoms with Crippen LogP contribution in [0.15, 0.2) is 24.3 Å². The van der Waals surface area contributed by atoms with Crippen LogP contribution in [0.3, 0.4) is 0 Å². The molecule has 3 rings (SSSR count). The van der Waals surface area contributed by atoms with Crippen molar-refractivity contribution < 1.29 is 4.74 Å². The molecule has 0 radical (unpaired) electrons. The van der Waals surface area contributed by atoms with Crippen molar-refractivity contribution in [3.8, 4) is 5.75 Å². The van der Waals surface area contributed by atoms with Gasteiger partial charge in [-0.05, 0) is 36.7 Å². The second-order valence-electron chi connectivity index (χ2n) is 7.50. The van der Waals surface area contributed by atoms with Crippen LogP contribution in [-0.2, 0) is 0 Å². The fourth-order valence-electron chi connectivity index (χ4n) is 4.27. The summed E-state index contributed by atoms with van der Waals surface area (Å²) in [4.78, 5) is 0. The maximum Gasteiger partial charge on any atom is 0.124 e. The van der Waals surface area contributed by atoms with Crippen LogP contribution in [0.25, 0.3) is 0 Å². The van der Waals surface area contributed by atoms with Gasteiger partial charge in [0, 0.05) is 24.1 Å². The van der Waals surface area contributed by atoms with Crippen LogP contribution in [0.2, 0.25) is 0 Å². The normalized spacial score (nSPS) is 32.2. The van der Waals surface area contributed by atoms with Gasteiger partial charge in [-0.2, -0.15) is 0 Å². The minimum atomic E-state index is 0.464. The quantitative estimate of drug-likeness (QED) is 0.866. The van der Waals surface area contributed by atoms with E-state index in [4.69, 9.17) is 4.74 Å². The molecule has 1 aliphatic carbocycles. The van der Waals surface area contributed by atoms with Crippen LogP contribution in [0.5, 0.6) is 5.75 Å². The molecule has 1 saturated carbocycles. The molecule has 1 aliphatic heterocycles. The van der Waals surface area contributed by atoms with E-state index < -0.39 is 0 Å². The van der Waals surface area contributed by atoms with Gasteiger partial charge >= 0.3 is 0 Å². The fourth-order valence-corrected chi connectivity index (χ4v) is 4.27. The molecule has 1 aromatic rings. The summed E-state index contributed by atoms with van der Waals surface area (Å²) in [7, 11) is 0. The summed E-state index contributed by atoms with van der Waals surface area (Å²) in [5.41, 5.74) is 1.81. The topological polar surface area (TPSA) is 21.3 Å². The smallest absolute Gasteiger partial charge is 0.124 e. The van der Waals surface area contributed by atoms with E-state index in [2.05, 4.69) is 50.4 Å². The highest BCUT2D eigenvalue weighted by molar-refractivity contribution is 5.37. The van der Waals surface area contributed by atoms with Crippen LogP contribution >= 0.6 is 0 Å². The number of para-hydroxylation sites is 1. The summed E-state index contributed by atoms with van der Waals surface area (Å²) in [6.45, 7) is 8.05. The van der Waals surface area contributed by atoms with Crippen molar-refractivity contribution >= 4 is 0 Å². The van der Waals surface area contributed by atoms with Crippen molar-refractivity contribution in [2.24, 2.45) is 11.3 Å². The molecule has 110 valence electrons. The van der Waals surface area contributed by atoms with Crippen LogP contribution < -0.4 is 10.1 Å². The molecule has 2 nitrogen and oxygen atoms in total. The van der Waals surface area contributed by atoms with Gasteiger partial charge in [0.1, 0.15) is 5.75 Å². The highest BCUT2D eigenvalue weighted by atomic mass is 16.5. The van der Waals surface area contributed by atoms with Crippen molar-refractivity contribution in [2.75, 3.05) is 6.61 Å². The molecule has 0 bridgehead atoms. The van der Waals surface area contributed by atoms with E-state index in [0.717, 1.165) is 24.7 Å². The van der Waals surface area contributed by atoms with E-state index in [1.807, 2.05) is 0 Å². The van der Waals surface area contributed by atoms with Gasteiger partial charge in [0.15, 0.2) is 0 Å². The molecule has 3 unspecified atom stereocenters. The van der Waals surface area contributed by atoms with Gasteiger partial charge in [-0.3, -0.25) is 0 Å². The lowest BCUT2D eigenvalue weighted by Crippen LogP contribution is -2.42. The van der Waals surface area contributed by atoms with E-state index in [-0.39, 0.29) is 0 Å². The maximum atomic E-state index is 5.76. The lowest BCUT2D eigenvalue weighted by molar-refractivity contribution is 0.136. The monoisotopic (exact) mass is 273 g/mol. The summed E-state index contributed by atoms with van der Waals surface area (Å²) in [6, 6.07) is 9.60. The first-order chi connectivity index (χ1) is 9.53. The van der Waals surface area contributed by atoms with Crippen molar-refractivity contribution in [1.29, 1.82) is 0 Å². The van der Waals surface area contributed by atoms with Crippen LogP contribution in [0.1, 0.15) is 58.1 Å². The lowest BCUT2D eigenvalue weighted by Gasteiger charge is -2.41. The first-order valence-electron chi connectivity index (χ1n) is 8.01. The molecule has 2 aliphatic rings. The zero-order valence-electron chi connectivity index (χ0n) is 13.0. The van der Waals surface area contributed by atoms with Gasteiger partial charge in [-0.15, -0.1) is 0 Å². The molecule has 1 heterocycles. The Hall–Kier alpha value is -1.02. The Labute approximate surface area is 122 Å². The van der Waals surface area contributed by atoms with Crippen LogP contribution in [0.4, 0.5) is 0 Å². The second-order valence-corrected chi connectivity index (χ2v) is 7.50. The van der Waals surface area contributed by atoms with Crippen LogP contribution in [0, 0.1) is 11.3 Å². The first kappa shape index (κ1) is 13.9. The number of benzene rings is 1. The third kappa shape index (κ3) is 3.01. The van der Waals surface area contributed by atoms with E-state index >= 15 is 0 Å². The second kappa shape index (κ2) is 5.40. The summed E-state index contributed by atoms with van der Waals surface area (Å²) >= 11 is 0. The zero-order valence-corrected chi connectivity index (χ0v) is 13.0. The van der Waals surface area contributed by atoms with Crippen molar-refractivity contribution in [2.45, 2.75) is 58.5 Å². The molecule has 1 N–H and O–H groups in total. The summed E-state index contributed by atoms with van der Waals surface area (Å²) in [5, 5.41) is 3.92. The zero-order chi connectivity index (χ0) is 14.2. The average Bonchev–Trinajstić information content (AvgIpc) is 2.37. The van der Waals surface area contributed by atoms with E-state index in [1.165, 1.54) is 24.8 Å². The highest BCUT2D eigenvalue weighted by Crippen LogP contribution is 2.40. The predicted molar refractivity (Wildman–Crippen MR) is 83.0 cm³/mol. The van der Waals surface area contributed by atoms with E-state index in [0.29, 0.717) is 17.5 Å². The number of hydrogen-bond donors (Lipinski definition) is 1. The number of hydrogen-bond acceptors (Lipinski definition) is 2. The fraction of sp³-hybridized carbons (Fsp3) is 0.667. The third-order valence-electron chi connectivity index (χ3n) is 4.78. The van der Waals surface area contributed by atoms with Gasteiger partial charge in [-0.1, -0.05) is 39.0 Å². The Kier molecular flexibility index (Phi) is 3.76. The van der Waals surface area contributed by atoms with Gasteiger partial charge in [0.05, 0.1) is 6.61 Å². The van der Waals surface area contributed by atoms with Gasteiger partial charge in [-0.25, -0.2) is 0 Å². The molecule has 1 aromatic carbocycles. The largest absolute Gasteiger partial charge is 0.493 e. The standard InChI is InChI=1S/C18H27NO/c1-13-10-14(12-18(2,3)11-13)19-16-8-9-20-17-7-5-4-6-15(16)17/h4-7,13-14,16,19H,8-12H2,1-3H3. The van der Waals surface area contributed by atoms with Gasteiger partial charge in [0.2, 0.25) is 0 Å². The predicted octanol–water partition coefficient (Wildman–Crippen LogP) is 4.31. The van der Waals surface area contributed by atoms with Crippen LogP contribution in [-0.4, -0.2) is 12.6 Å². The van der Waals surface area contributed by atoms with Gasteiger partial charge < -0.3 is 10.1 Å². The number of ether oxygens (including phenoxy) is 1. The van der Waals surface area contributed by atoms with Crippen molar-refractivity contribution in [3.63, 3.8) is 0 Å². The Balaban J connectivity index is 1.72. The average molecular weight is 273 g/mol. The minimum absolute atomic E-state index is 0.464. The molecular formula is C18H27NO. The van der Waals surface area contributed by atoms with Crippen molar-refractivity contribution in [3.05, 3.63) is 29.8 Å². The molecular weight excluding hydrogens is 246 g/mol. The molecule has 2 heteroatoms. The van der Waals surface area contributed by atoms with Gasteiger partial charge in [0.25, 0.3) is 0 Å². The Bertz CT molecular complexity index is 468. The van der Waals surface area contributed by atoms with E-state index in [9.17, 15) is 0 Å².